The van der Waals surface area contributed by atoms with Gasteiger partial charge in [-0.3, -0.25) is 9.59 Å². The van der Waals surface area contributed by atoms with E-state index >= 15 is 0 Å². The Kier molecular flexibility index (Phi) is 7.70. The van der Waals surface area contributed by atoms with E-state index in [1.165, 1.54) is 10.6 Å². The van der Waals surface area contributed by atoms with Gasteiger partial charge in [-0.2, -0.15) is 13.2 Å². The molecule has 1 aromatic heterocycles. The molecule has 10 heteroatoms. The van der Waals surface area contributed by atoms with Gasteiger partial charge in [-0.15, -0.1) is 0 Å². The molecule has 1 fully saturated rings. The third kappa shape index (κ3) is 6.03. The number of nitrogens with zero attached hydrogens (tertiary/aromatic N) is 2. The molecular formula is C27H29F3N4O3. The summed E-state index contributed by atoms with van der Waals surface area (Å²) in [6.07, 6.45) is -2.84. The molecule has 7 nitrogen and oxygen atoms in total. The van der Waals surface area contributed by atoms with Gasteiger partial charge in [0.05, 0.1) is 18.8 Å². The summed E-state index contributed by atoms with van der Waals surface area (Å²) < 4.78 is 47.1. The minimum atomic E-state index is -4.57. The number of hydrogen-bond acceptors (Lipinski definition) is 5. The summed E-state index contributed by atoms with van der Waals surface area (Å²) in [6, 6.07) is 10.4. The Hall–Kier alpha value is -3.63. The molecule has 1 aliphatic heterocycles. The molecule has 1 saturated heterocycles. The first-order valence-electron chi connectivity index (χ1n) is 11.9. The fourth-order valence-corrected chi connectivity index (χ4v) is 4.38. The molecule has 4 rings (SSSR count). The molecule has 0 aliphatic carbocycles. The number of halogens is 3. The summed E-state index contributed by atoms with van der Waals surface area (Å²) in [5, 5.41) is 5.54. The number of rotatable bonds is 6. The molecule has 1 amide bonds. The molecule has 0 radical (unpaired) electrons. The zero-order valence-electron chi connectivity index (χ0n) is 20.9. The molecule has 1 aliphatic rings. The number of benzene rings is 2. The van der Waals surface area contributed by atoms with E-state index in [0.717, 1.165) is 28.8 Å². The molecule has 0 saturated carbocycles. The van der Waals surface area contributed by atoms with Gasteiger partial charge in [0.25, 0.3) is 11.5 Å². The van der Waals surface area contributed by atoms with E-state index in [4.69, 9.17) is 4.74 Å². The lowest BCUT2D eigenvalue weighted by Gasteiger charge is -2.29. The van der Waals surface area contributed by atoms with Crippen molar-refractivity contribution in [1.82, 2.24) is 9.88 Å². The Morgan fingerprint density at radius 1 is 1.08 bits per heavy atom. The normalized spacial score (nSPS) is 14.1. The van der Waals surface area contributed by atoms with Crippen LogP contribution in [0, 0.1) is 6.92 Å². The second kappa shape index (κ2) is 10.8. The molecule has 0 atom stereocenters. The highest BCUT2D eigenvalue weighted by Crippen LogP contribution is 2.32. The number of pyridine rings is 1. The van der Waals surface area contributed by atoms with Crippen LogP contribution >= 0.6 is 0 Å². The number of aryl methyl sites for hydroxylation is 2. The quantitative estimate of drug-likeness (QED) is 0.516. The van der Waals surface area contributed by atoms with Crippen molar-refractivity contribution >= 4 is 17.3 Å². The first-order valence-corrected chi connectivity index (χ1v) is 11.9. The van der Waals surface area contributed by atoms with Crippen molar-refractivity contribution in [3.8, 4) is 11.1 Å². The molecule has 0 bridgehead atoms. The van der Waals surface area contributed by atoms with Crippen LogP contribution in [0.3, 0.4) is 0 Å². The number of carbonyl (C=O) groups is 1. The molecule has 3 aromatic rings. The Balaban J connectivity index is 1.67. The van der Waals surface area contributed by atoms with Crippen LogP contribution in [0.1, 0.15) is 27.0 Å². The molecular weight excluding hydrogens is 485 g/mol. The van der Waals surface area contributed by atoms with Crippen LogP contribution in [0.15, 0.2) is 53.5 Å². The van der Waals surface area contributed by atoms with Gasteiger partial charge < -0.3 is 24.8 Å². The number of hydrogen-bond donors (Lipinski definition) is 2. The standard InChI is InChI=1S/C27H29F3N4O3/c1-17-4-5-22(32-25(35)19-10-18(15-31-2)11-21(12-19)27(28,29)30)14-23(17)20-13-24(26(36)33(3)16-20)34-6-8-37-9-7-34/h4-5,10-14,16,31H,6-9,15H2,1-3H3,(H,32,35). The number of carbonyl (C=O) groups excluding carboxylic acids is 1. The lowest BCUT2D eigenvalue weighted by atomic mass is 10.00. The highest BCUT2D eigenvalue weighted by molar-refractivity contribution is 6.04. The fourth-order valence-electron chi connectivity index (χ4n) is 4.38. The largest absolute Gasteiger partial charge is 0.416 e. The summed E-state index contributed by atoms with van der Waals surface area (Å²) in [4.78, 5) is 27.8. The molecule has 196 valence electrons. The second-order valence-corrected chi connectivity index (χ2v) is 9.06. The van der Waals surface area contributed by atoms with Crippen LogP contribution < -0.4 is 21.1 Å². The second-order valence-electron chi connectivity index (χ2n) is 9.06. The number of morpholine rings is 1. The maximum Gasteiger partial charge on any atom is 0.416 e. The average molecular weight is 515 g/mol. The van der Waals surface area contributed by atoms with Crippen LogP contribution in [0.4, 0.5) is 24.5 Å². The summed E-state index contributed by atoms with van der Waals surface area (Å²) in [5.41, 5.74) is 2.77. The highest BCUT2D eigenvalue weighted by Gasteiger charge is 2.31. The summed E-state index contributed by atoms with van der Waals surface area (Å²) in [5.74, 6) is -0.646. The van der Waals surface area contributed by atoms with E-state index in [0.29, 0.717) is 43.2 Å². The Bertz CT molecular complexity index is 1360. The first kappa shape index (κ1) is 26.4. The SMILES string of the molecule is CNCc1cc(C(=O)Nc2ccc(C)c(-c3cc(N4CCOCC4)c(=O)n(C)c3)c2)cc(C(F)(F)F)c1. The van der Waals surface area contributed by atoms with E-state index in [1.54, 1.807) is 32.4 Å². The van der Waals surface area contributed by atoms with E-state index in [-0.39, 0.29) is 17.7 Å². The summed E-state index contributed by atoms with van der Waals surface area (Å²) >= 11 is 0. The summed E-state index contributed by atoms with van der Waals surface area (Å²) in [6.45, 7) is 4.41. The van der Waals surface area contributed by atoms with Gasteiger partial charge in [0.15, 0.2) is 0 Å². The molecule has 2 heterocycles. The van der Waals surface area contributed by atoms with E-state index in [1.807, 2.05) is 24.0 Å². The van der Waals surface area contributed by atoms with Gasteiger partial charge in [0, 0.05) is 49.7 Å². The minimum absolute atomic E-state index is 0.0843. The van der Waals surface area contributed by atoms with Crippen LogP contribution in [0.5, 0.6) is 0 Å². The fraction of sp³-hybridized carbons (Fsp3) is 0.333. The Morgan fingerprint density at radius 2 is 1.81 bits per heavy atom. The van der Waals surface area contributed by atoms with E-state index in [9.17, 15) is 22.8 Å². The van der Waals surface area contributed by atoms with Crippen molar-refractivity contribution in [2.45, 2.75) is 19.6 Å². The van der Waals surface area contributed by atoms with Crippen molar-refractivity contribution in [3.05, 3.63) is 81.3 Å². The number of amides is 1. The van der Waals surface area contributed by atoms with Crippen molar-refractivity contribution in [2.75, 3.05) is 43.6 Å². The highest BCUT2D eigenvalue weighted by atomic mass is 19.4. The topological polar surface area (TPSA) is 75.6 Å². The molecule has 0 spiro atoms. The van der Waals surface area contributed by atoms with Gasteiger partial charge >= 0.3 is 6.18 Å². The Morgan fingerprint density at radius 3 is 2.49 bits per heavy atom. The smallest absolute Gasteiger partial charge is 0.378 e. The number of alkyl halides is 3. The number of nitrogens with one attached hydrogen (secondary N) is 2. The van der Waals surface area contributed by atoms with Crippen LogP contribution in [0.2, 0.25) is 0 Å². The van der Waals surface area contributed by atoms with Crippen LogP contribution in [-0.2, 0) is 24.5 Å². The third-order valence-electron chi connectivity index (χ3n) is 6.29. The lowest BCUT2D eigenvalue weighted by Crippen LogP contribution is -2.40. The van der Waals surface area contributed by atoms with Gasteiger partial charge in [0.1, 0.15) is 5.69 Å². The van der Waals surface area contributed by atoms with E-state index in [2.05, 4.69) is 10.6 Å². The zero-order chi connectivity index (χ0) is 26.7. The van der Waals surface area contributed by atoms with Crippen LogP contribution in [-0.4, -0.2) is 43.8 Å². The molecule has 2 aromatic carbocycles. The average Bonchev–Trinajstić information content (AvgIpc) is 2.87. The van der Waals surface area contributed by atoms with E-state index < -0.39 is 17.6 Å². The Labute approximate surface area is 212 Å². The van der Waals surface area contributed by atoms with Crippen molar-refractivity contribution < 1.29 is 22.7 Å². The maximum atomic E-state index is 13.4. The van der Waals surface area contributed by atoms with Crippen molar-refractivity contribution in [1.29, 1.82) is 0 Å². The predicted molar refractivity (Wildman–Crippen MR) is 137 cm³/mol. The first-order chi connectivity index (χ1) is 17.6. The van der Waals surface area contributed by atoms with Gasteiger partial charge in [-0.25, -0.2) is 0 Å². The van der Waals surface area contributed by atoms with Gasteiger partial charge in [-0.05, 0) is 67.1 Å². The lowest BCUT2D eigenvalue weighted by molar-refractivity contribution is -0.137. The number of ether oxygens (including phenoxy) is 1. The third-order valence-corrected chi connectivity index (χ3v) is 6.29. The monoisotopic (exact) mass is 514 g/mol. The molecule has 37 heavy (non-hydrogen) atoms. The maximum absolute atomic E-state index is 13.4. The van der Waals surface area contributed by atoms with Gasteiger partial charge in [-0.1, -0.05) is 6.07 Å². The number of aromatic nitrogens is 1. The number of anilines is 2. The minimum Gasteiger partial charge on any atom is -0.378 e. The summed E-state index contributed by atoms with van der Waals surface area (Å²) in [7, 11) is 3.31. The molecule has 2 N–H and O–H groups in total. The predicted octanol–water partition coefficient (Wildman–Crippen LogP) is 4.19. The zero-order valence-corrected chi connectivity index (χ0v) is 20.9. The van der Waals surface area contributed by atoms with Gasteiger partial charge in [0.2, 0.25) is 0 Å². The van der Waals surface area contributed by atoms with Crippen molar-refractivity contribution in [2.24, 2.45) is 7.05 Å². The van der Waals surface area contributed by atoms with Crippen molar-refractivity contribution in [3.63, 3.8) is 0 Å². The molecule has 0 unspecified atom stereocenters. The van der Waals surface area contributed by atoms with Crippen LogP contribution in [0.25, 0.3) is 11.1 Å².